The van der Waals surface area contributed by atoms with Gasteiger partial charge in [-0.05, 0) is 74.8 Å². The van der Waals surface area contributed by atoms with Crippen molar-refractivity contribution in [3.8, 4) is 22.9 Å². The van der Waals surface area contributed by atoms with Crippen molar-refractivity contribution < 1.29 is 42.9 Å². The molecule has 3 heterocycles. The minimum atomic E-state index is -1.05. The Morgan fingerprint density at radius 1 is 1.07 bits per heavy atom. The van der Waals surface area contributed by atoms with E-state index in [9.17, 15) is 24.0 Å². The van der Waals surface area contributed by atoms with Crippen LogP contribution in [-0.4, -0.2) is 89.3 Å². The highest BCUT2D eigenvalue weighted by Gasteiger charge is 2.61. The van der Waals surface area contributed by atoms with Crippen molar-refractivity contribution in [1.29, 1.82) is 0 Å². The zero-order valence-corrected chi connectivity index (χ0v) is 36.0. The molecule has 8 atom stereocenters. The van der Waals surface area contributed by atoms with Gasteiger partial charge < -0.3 is 29.2 Å². The number of benzene rings is 1. The number of likely N-dealkylation sites (tertiary alicyclic amines) is 1. The number of aromatic nitrogens is 2. The molecule has 0 spiro atoms. The van der Waals surface area contributed by atoms with E-state index in [1.165, 1.54) is 29.8 Å². The molecule has 4 aliphatic rings. The number of anilines is 1. The number of ether oxygens (including phenoxy) is 4. The van der Waals surface area contributed by atoms with Gasteiger partial charge in [0.25, 0.3) is 0 Å². The number of methoxy groups -OCH3 is 1. The Kier molecular flexibility index (Phi) is 12.1. The number of allylic oxidation sites excluding steroid dienone is 1. The van der Waals surface area contributed by atoms with E-state index in [1.807, 2.05) is 40.0 Å². The van der Waals surface area contributed by atoms with Gasteiger partial charge in [0.05, 0.1) is 48.7 Å². The molecule has 2 aromatic heterocycles. The van der Waals surface area contributed by atoms with Crippen molar-refractivity contribution in [3.63, 3.8) is 0 Å². The molecule has 0 bridgehead atoms. The van der Waals surface area contributed by atoms with Crippen LogP contribution in [0.5, 0.6) is 11.5 Å². The Morgan fingerprint density at radius 3 is 2.46 bits per heavy atom. The molecule has 1 amide bonds. The van der Waals surface area contributed by atoms with E-state index in [-0.39, 0.29) is 72.9 Å². The van der Waals surface area contributed by atoms with Gasteiger partial charge in [0.1, 0.15) is 41.0 Å². The first-order valence-electron chi connectivity index (χ1n) is 20.4. The predicted molar refractivity (Wildman–Crippen MR) is 223 cm³/mol. The molecule has 7 rings (SSSR count). The lowest BCUT2D eigenvalue weighted by atomic mass is 9.77. The lowest BCUT2D eigenvalue weighted by Crippen LogP contribution is -2.48. The summed E-state index contributed by atoms with van der Waals surface area (Å²) < 4.78 is 23.4. The molecule has 1 aliphatic heterocycles. The van der Waals surface area contributed by atoms with E-state index in [0.717, 1.165) is 12.8 Å². The van der Waals surface area contributed by atoms with Gasteiger partial charge in [0.15, 0.2) is 17.2 Å². The van der Waals surface area contributed by atoms with E-state index >= 15 is 0 Å². The van der Waals surface area contributed by atoms with Crippen LogP contribution in [0.2, 0.25) is 5.02 Å². The van der Waals surface area contributed by atoms with Gasteiger partial charge in [0, 0.05) is 35.7 Å². The number of aldehydes is 1. The number of ketones is 1. The second-order valence-electron chi connectivity index (χ2n) is 17.9. The smallest absolute Gasteiger partial charge is 0.312 e. The first-order valence-corrected chi connectivity index (χ1v) is 21.6. The Hall–Kier alpha value is -4.56. The van der Waals surface area contributed by atoms with Gasteiger partial charge in [0.2, 0.25) is 5.91 Å². The molecule has 4 fully saturated rings. The molecule has 1 N–H and O–H groups in total. The third kappa shape index (κ3) is 8.99. The van der Waals surface area contributed by atoms with Crippen LogP contribution in [0.3, 0.4) is 0 Å². The number of halogens is 1. The Morgan fingerprint density at radius 2 is 1.81 bits per heavy atom. The number of carbonyl (C=O) groups excluding carboxylic acids is 5. The van der Waals surface area contributed by atoms with Crippen molar-refractivity contribution in [1.82, 2.24) is 14.9 Å². The Bertz CT molecular complexity index is 2140. The predicted octanol–water partition coefficient (Wildman–Crippen LogP) is 7.48. The van der Waals surface area contributed by atoms with Crippen LogP contribution >= 0.6 is 22.9 Å². The number of pyridine rings is 1. The molecule has 1 saturated heterocycles. The summed E-state index contributed by atoms with van der Waals surface area (Å²) in [6.07, 6.45) is 4.67. The van der Waals surface area contributed by atoms with E-state index in [1.54, 1.807) is 24.3 Å². The van der Waals surface area contributed by atoms with Crippen LogP contribution in [0.1, 0.15) is 79.6 Å². The maximum absolute atomic E-state index is 14.9. The quantitative estimate of drug-likeness (QED) is 0.0811. The fourth-order valence-electron chi connectivity index (χ4n) is 8.89. The van der Waals surface area contributed by atoms with Crippen molar-refractivity contribution in [2.75, 3.05) is 25.6 Å². The standard InChI is InChI=1S/C44H53ClN4O9S/c1-8-26-19-44(26,41(54)55-7)20-34(51)33-16-28(21-49(33)40(53)30(43(4,5)6)17-37(52)58-27-14-24-13-25(24)15-27)57-36-18-31(32-22-59-42(48-32)46-23(2)3)47-39-29(36)9-10-35(38(39)45)56-12-11-50/h8-11,18,22-28,30,33H,1,12-17,19-21H2,2-7H3,(H,46,48)/t24-,25+,26-,27?,28-,30-,33+,44?/m1/s1. The van der Waals surface area contributed by atoms with Crippen molar-refractivity contribution >= 4 is 68.9 Å². The van der Waals surface area contributed by atoms with Crippen LogP contribution in [0, 0.1) is 34.5 Å². The zero-order chi connectivity index (χ0) is 42.4. The number of carbonyl (C=O) groups is 5. The monoisotopic (exact) mass is 848 g/mol. The molecular formula is C44H53ClN4O9S. The number of fused-ring (bicyclic) bond motifs is 2. The highest BCUT2D eigenvalue weighted by Crippen LogP contribution is 2.57. The number of nitrogens with one attached hydrogen (secondary N) is 1. The second kappa shape index (κ2) is 16.8. The molecule has 3 aromatic rings. The normalized spacial score (nSPS) is 26.2. The number of hydrogen-bond acceptors (Lipinski definition) is 13. The fraction of sp³-hybridized carbons (Fsp3) is 0.568. The minimum absolute atomic E-state index is 0.0333. The first-order chi connectivity index (χ1) is 28.0. The molecule has 13 nitrogen and oxygen atoms in total. The summed E-state index contributed by atoms with van der Waals surface area (Å²) >= 11 is 8.29. The third-order valence-electron chi connectivity index (χ3n) is 12.3. The van der Waals surface area contributed by atoms with Crippen LogP contribution in [-0.2, 0) is 33.4 Å². The minimum Gasteiger partial charge on any atom is -0.488 e. The lowest BCUT2D eigenvalue weighted by Gasteiger charge is -2.35. The third-order valence-corrected chi connectivity index (χ3v) is 13.4. The lowest BCUT2D eigenvalue weighted by molar-refractivity contribution is -0.157. The number of amides is 1. The average Bonchev–Trinajstić information content (AvgIpc) is 3.85. The number of Topliss-reactive ketones (excluding diaryl/α,β-unsaturated/α-hetero) is 1. The molecular weight excluding hydrogens is 796 g/mol. The molecule has 1 aromatic carbocycles. The fourth-order valence-corrected chi connectivity index (χ4v) is 10.0. The van der Waals surface area contributed by atoms with Crippen molar-refractivity contribution in [2.24, 2.45) is 34.5 Å². The molecule has 316 valence electrons. The number of esters is 2. The number of thiazole rings is 1. The summed E-state index contributed by atoms with van der Waals surface area (Å²) in [5.74, 6) is -0.691. The van der Waals surface area contributed by atoms with Gasteiger partial charge in [-0.25, -0.2) is 9.97 Å². The van der Waals surface area contributed by atoms with Crippen LogP contribution in [0.4, 0.5) is 5.13 Å². The maximum Gasteiger partial charge on any atom is 0.312 e. The Balaban J connectivity index is 1.22. The van der Waals surface area contributed by atoms with Crippen LogP contribution < -0.4 is 14.8 Å². The van der Waals surface area contributed by atoms with Gasteiger partial charge in [-0.1, -0.05) is 38.4 Å². The van der Waals surface area contributed by atoms with Gasteiger partial charge >= 0.3 is 11.9 Å². The van der Waals surface area contributed by atoms with Crippen LogP contribution in [0.25, 0.3) is 22.3 Å². The number of nitrogens with zero attached hydrogens (tertiary/aromatic N) is 3. The van der Waals surface area contributed by atoms with E-state index in [4.69, 9.17) is 40.5 Å². The molecule has 2 unspecified atom stereocenters. The molecule has 3 saturated carbocycles. The van der Waals surface area contributed by atoms with Gasteiger partial charge in [-0.2, -0.15) is 0 Å². The molecule has 59 heavy (non-hydrogen) atoms. The van der Waals surface area contributed by atoms with E-state index < -0.39 is 40.8 Å². The number of rotatable bonds is 17. The SMILES string of the molecule is C=C[C@@H]1CC1(CC(=O)[C@@H]1C[C@@H](Oc2cc(-c3csc(NC(C)C)n3)nc3c(Cl)c(OCC=O)ccc23)CN1C(=O)[C@@H](CC(=O)OC1C[C@@H]2C[C@@H]2C1)C(C)(C)C)C(=O)OC. The highest BCUT2D eigenvalue weighted by molar-refractivity contribution is 7.14. The summed E-state index contributed by atoms with van der Waals surface area (Å²) in [6.45, 7) is 13.4. The maximum atomic E-state index is 14.9. The van der Waals surface area contributed by atoms with E-state index in [0.29, 0.717) is 57.7 Å². The summed E-state index contributed by atoms with van der Waals surface area (Å²) in [5.41, 5.74) is -0.332. The summed E-state index contributed by atoms with van der Waals surface area (Å²) in [7, 11) is 1.30. The zero-order valence-electron chi connectivity index (χ0n) is 34.5. The Labute approximate surface area is 353 Å². The van der Waals surface area contributed by atoms with Gasteiger partial charge in [-0.3, -0.25) is 24.0 Å². The van der Waals surface area contributed by atoms with Crippen LogP contribution in [0.15, 0.2) is 36.2 Å². The summed E-state index contributed by atoms with van der Waals surface area (Å²) in [4.78, 5) is 78.1. The summed E-state index contributed by atoms with van der Waals surface area (Å²) in [5, 5.41) is 6.59. The van der Waals surface area contributed by atoms with E-state index in [2.05, 4.69) is 11.9 Å². The van der Waals surface area contributed by atoms with Gasteiger partial charge in [-0.15, -0.1) is 17.9 Å². The average molecular weight is 849 g/mol. The second-order valence-corrected chi connectivity index (χ2v) is 19.1. The first kappa shape index (κ1) is 42.6. The highest BCUT2D eigenvalue weighted by atomic mass is 35.5. The van der Waals surface area contributed by atoms with Crippen molar-refractivity contribution in [3.05, 3.63) is 41.3 Å². The molecule has 3 aliphatic carbocycles. The summed E-state index contributed by atoms with van der Waals surface area (Å²) in [6, 6.07) is 4.32. The molecule has 0 radical (unpaired) electrons. The molecule has 15 heteroatoms. The van der Waals surface area contributed by atoms with Crippen molar-refractivity contribution in [2.45, 2.75) is 104 Å². The topological polar surface area (TPSA) is 163 Å². The number of hydrogen-bond donors (Lipinski definition) is 1. The largest absolute Gasteiger partial charge is 0.488 e.